The summed E-state index contributed by atoms with van der Waals surface area (Å²) in [6, 6.07) is 5.40. The highest BCUT2D eigenvalue weighted by Gasteiger charge is 2.27. The van der Waals surface area contributed by atoms with Crippen molar-refractivity contribution in [1.29, 1.82) is 0 Å². The third kappa shape index (κ3) is 5.36. The van der Waals surface area contributed by atoms with Crippen LogP contribution >= 0.6 is 11.8 Å². The lowest BCUT2D eigenvalue weighted by Gasteiger charge is -2.32. The molecular weight excluding hydrogens is 360 g/mol. The first-order valence-corrected chi connectivity index (χ1v) is 13.3. The first kappa shape index (κ1) is 22.2. The highest BCUT2D eigenvalue weighted by atomic mass is 32.2. The summed E-state index contributed by atoms with van der Waals surface area (Å²) in [5, 5.41) is 7.00. The van der Waals surface area contributed by atoms with Gasteiger partial charge in [0, 0.05) is 12.0 Å². The monoisotopic (exact) mass is 402 g/mol. The van der Waals surface area contributed by atoms with Gasteiger partial charge in [-0.2, -0.15) is 0 Å². The second-order valence-electron chi connectivity index (χ2n) is 9.24. The average Bonchev–Trinajstić information content (AvgIpc) is 2.81. The maximum absolute atomic E-state index is 7.00. The quantitative estimate of drug-likeness (QED) is 0.512. The number of aliphatic hydroxyl groups excluding tert-OH is 1. The summed E-state index contributed by atoms with van der Waals surface area (Å²) in [6.07, 6.45) is 24.0. The number of thioether (sulfide) groups is 1. The van der Waals surface area contributed by atoms with Crippen LogP contribution in [0.5, 0.6) is 0 Å². The van der Waals surface area contributed by atoms with Crippen LogP contribution in [-0.4, -0.2) is 18.5 Å². The maximum atomic E-state index is 7.00. The van der Waals surface area contributed by atoms with Gasteiger partial charge < -0.3 is 5.11 Å². The predicted molar refractivity (Wildman–Crippen MR) is 124 cm³/mol. The number of benzene rings is 1. The van der Waals surface area contributed by atoms with Crippen molar-refractivity contribution >= 4 is 11.8 Å². The maximum Gasteiger partial charge on any atom is 0.0319 e. The Kier molecular flexibility index (Phi) is 9.24. The molecule has 158 valence electrons. The van der Waals surface area contributed by atoms with Gasteiger partial charge >= 0.3 is 0 Å². The van der Waals surface area contributed by atoms with Gasteiger partial charge in [0.1, 0.15) is 0 Å². The van der Waals surface area contributed by atoms with E-state index in [9.17, 15) is 0 Å². The fourth-order valence-electron chi connectivity index (χ4n) is 6.04. The highest BCUT2D eigenvalue weighted by Crippen LogP contribution is 2.46. The molecule has 0 amide bonds. The number of hydrogen-bond donors (Lipinski definition) is 1. The number of rotatable bonds is 4. The lowest BCUT2D eigenvalue weighted by molar-refractivity contribution is 0.399. The second kappa shape index (κ2) is 11.6. The highest BCUT2D eigenvalue weighted by molar-refractivity contribution is 7.98. The summed E-state index contributed by atoms with van der Waals surface area (Å²) in [7, 11) is 1.00. The Morgan fingerprint density at radius 3 is 1.32 bits per heavy atom. The lowest BCUT2D eigenvalue weighted by Crippen LogP contribution is -2.13. The standard InChI is InChI=1S/C25H38S.CH4O/c1-26-25-23(20-13-7-3-8-14-20)17-22(19-11-5-2-6-12-19)18-24(25)21-15-9-4-10-16-21;1-2/h17-21H,2-16H2,1H3;2H,1H3. The Labute approximate surface area is 178 Å². The molecule has 0 aromatic heterocycles. The SMILES string of the molecule is CO.CSc1c(C2CCCCC2)cc(C2CCCCC2)cc1C1CCCCC1. The van der Waals surface area contributed by atoms with E-state index in [2.05, 4.69) is 30.2 Å². The Morgan fingerprint density at radius 1 is 0.607 bits per heavy atom. The molecule has 3 saturated carbocycles. The van der Waals surface area contributed by atoms with E-state index in [0.29, 0.717) is 0 Å². The molecular formula is C26H42OS. The molecule has 4 rings (SSSR count). The van der Waals surface area contributed by atoms with Gasteiger partial charge in [0.25, 0.3) is 0 Å². The van der Waals surface area contributed by atoms with Gasteiger partial charge in [-0.15, -0.1) is 11.8 Å². The number of hydrogen-bond acceptors (Lipinski definition) is 2. The Hall–Kier alpha value is -0.470. The normalized spacial score (nSPS) is 22.5. The molecule has 1 N–H and O–H groups in total. The summed E-state index contributed by atoms with van der Waals surface area (Å²) in [4.78, 5) is 1.70. The third-order valence-electron chi connectivity index (χ3n) is 7.54. The zero-order valence-electron chi connectivity index (χ0n) is 18.3. The molecule has 0 aliphatic heterocycles. The smallest absolute Gasteiger partial charge is 0.0319 e. The van der Waals surface area contributed by atoms with E-state index < -0.39 is 0 Å². The van der Waals surface area contributed by atoms with Crippen LogP contribution in [0.2, 0.25) is 0 Å². The van der Waals surface area contributed by atoms with Gasteiger partial charge in [0.2, 0.25) is 0 Å². The summed E-state index contributed by atoms with van der Waals surface area (Å²) < 4.78 is 0. The molecule has 0 heterocycles. The van der Waals surface area contributed by atoms with Gasteiger partial charge in [-0.1, -0.05) is 69.9 Å². The van der Waals surface area contributed by atoms with Gasteiger partial charge in [-0.3, -0.25) is 0 Å². The molecule has 1 aromatic rings. The Balaban J connectivity index is 0.00000109. The van der Waals surface area contributed by atoms with E-state index in [1.165, 1.54) is 96.3 Å². The topological polar surface area (TPSA) is 20.2 Å². The van der Waals surface area contributed by atoms with Crippen LogP contribution in [0, 0.1) is 0 Å². The van der Waals surface area contributed by atoms with Crippen molar-refractivity contribution in [2.75, 3.05) is 13.4 Å². The molecule has 3 fully saturated rings. The predicted octanol–water partition coefficient (Wildman–Crippen LogP) is 8.16. The number of aliphatic hydroxyl groups is 1. The van der Waals surface area contributed by atoms with E-state index in [0.717, 1.165) is 24.9 Å². The van der Waals surface area contributed by atoms with Crippen LogP contribution < -0.4 is 0 Å². The van der Waals surface area contributed by atoms with Crippen LogP contribution in [0.4, 0.5) is 0 Å². The molecule has 0 bridgehead atoms. The fraction of sp³-hybridized carbons (Fsp3) is 0.769. The van der Waals surface area contributed by atoms with Crippen molar-refractivity contribution in [3.05, 3.63) is 28.8 Å². The van der Waals surface area contributed by atoms with Crippen molar-refractivity contribution in [2.45, 2.75) is 119 Å². The van der Waals surface area contributed by atoms with Crippen LogP contribution in [-0.2, 0) is 0 Å². The van der Waals surface area contributed by atoms with E-state index in [4.69, 9.17) is 5.11 Å². The van der Waals surface area contributed by atoms with Crippen molar-refractivity contribution in [1.82, 2.24) is 0 Å². The van der Waals surface area contributed by atoms with Crippen LogP contribution in [0.25, 0.3) is 0 Å². The van der Waals surface area contributed by atoms with Crippen LogP contribution in [0.3, 0.4) is 0 Å². The second-order valence-corrected chi connectivity index (χ2v) is 10.1. The molecule has 3 aliphatic carbocycles. The molecule has 0 unspecified atom stereocenters. The van der Waals surface area contributed by atoms with E-state index in [1.807, 2.05) is 0 Å². The zero-order valence-corrected chi connectivity index (χ0v) is 19.2. The van der Waals surface area contributed by atoms with Crippen molar-refractivity contribution in [3.63, 3.8) is 0 Å². The molecule has 0 atom stereocenters. The minimum absolute atomic E-state index is 0.845. The van der Waals surface area contributed by atoms with E-state index in [1.54, 1.807) is 21.6 Å². The van der Waals surface area contributed by atoms with Gasteiger partial charge in [0.05, 0.1) is 0 Å². The first-order valence-electron chi connectivity index (χ1n) is 12.0. The summed E-state index contributed by atoms with van der Waals surface area (Å²) in [6.45, 7) is 0. The Bertz CT molecular complexity index is 539. The third-order valence-corrected chi connectivity index (χ3v) is 8.42. The van der Waals surface area contributed by atoms with Gasteiger partial charge in [-0.05, 0) is 79.2 Å². The lowest BCUT2D eigenvalue weighted by atomic mass is 9.76. The fourth-order valence-corrected chi connectivity index (χ4v) is 6.96. The van der Waals surface area contributed by atoms with Gasteiger partial charge in [-0.25, -0.2) is 0 Å². The first-order chi connectivity index (χ1) is 13.9. The van der Waals surface area contributed by atoms with Crippen LogP contribution in [0.1, 0.15) is 131 Å². The largest absolute Gasteiger partial charge is 0.400 e. The zero-order chi connectivity index (χ0) is 19.8. The molecule has 28 heavy (non-hydrogen) atoms. The Morgan fingerprint density at radius 2 is 0.964 bits per heavy atom. The molecule has 0 radical (unpaired) electrons. The summed E-state index contributed by atoms with van der Waals surface area (Å²) in [5.41, 5.74) is 5.25. The minimum Gasteiger partial charge on any atom is -0.400 e. The van der Waals surface area contributed by atoms with Crippen molar-refractivity contribution < 1.29 is 5.11 Å². The molecule has 3 aliphatic rings. The molecule has 1 nitrogen and oxygen atoms in total. The van der Waals surface area contributed by atoms with Crippen molar-refractivity contribution in [3.8, 4) is 0 Å². The van der Waals surface area contributed by atoms with Gasteiger partial charge in [0.15, 0.2) is 0 Å². The average molecular weight is 403 g/mol. The molecule has 0 saturated heterocycles. The summed E-state index contributed by atoms with van der Waals surface area (Å²) >= 11 is 2.06. The van der Waals surface area contributed by atoms with Crippen molar-refractivity contribution in [2.24, 2.45) is 0 Å². The van der Waals surface area contributed by atoms with Crippen LogP contribution in [0.15, 0.2) is 17.0 Å². The van der Waals surface area contributed by atoms with E-state index >= 15 is 0 Å². The molecule has 0 spiro atoms. The molecule has 1 aromatic carbocycles. The van der Waals surface area contributed by atoms with E-state index in [-0.39, 0.29) is 0 Å². The minimum atomic E-state index is 0.845. The summed E-state index contributed by atoms with van der Waals surface area (Å²) in [5.74, 6) is 2.54. The molecule has 2 heteroatoms.